The Labute approximate surface area is 146 Å². The maximum atomic E-state index is 6.15. The number of aryl methyl sites for hydroxylation is 1. The molecule has 1 aromatic carbocycles. The van der Waals surface area contributed by atoms with Gasteiger partial charge in [0.1, 0.15) is 5.75 Å². The molecule has 132 valence electrons. The molecular weight excluding hydrogens is 296 g/mol. The van der Waals surface area contributed by atoms with Gasteiger partial charge in [-0.05, 0) is 98.8 Å². The molecule has 2 heteroatoms. The summed E-state index contributed by atoms with van der Waals surface area (Å²) in [5.41, 5.74) is 3.58. The van der Waals surface area contributed by atoms with E-state index in [-0.39, 0.29) is 0 Å². The van der Waals surface area contributed by atoms with Gasteiger partial charge in [-0.1, -0.05) is 13.0 Å². The molecule has 0 radical (unpaired) electrons. The van der Waals surface area contributed by atoms with Crippen LogP contribution in [0.25, 0.3) is 0 Å². The van der Waals surface area contributed by atoms with Gasteiger partial charge in [0, 0.05) is 6.61 Å². The number of fused-ring (bicyclic) bond motifs is 5. The van der Waals surface area contributed by atoms with Crippen LogP contribution in [0, 0.1) is 17.3 Å². The molecule has 2 nitrogen and oxygen atoms in total. The first-order chi connectivity index (χ1) is 11.7. The normalized spacial score (nSPS) is 37.5. The second-order valence-electron chi connectivity index (χ2n) is 8.27. The van der Waals surface area contributed by atoms with Crippen LogP contribution in [0.3, 0.4) is 0 Å². The van der Waals surface area contributed by atoms with Crippen LogP contribution in [-0.4, -0.2) is 19.3 Å². The van der Waals surface area contributed by atoms with Crippen LogP contribution in [0.1, 0.15) is 69.9 Å². The fourth-order valence-corrected chi connectivity index (χ4v) is 6.24. The Hall–Kier alpha value is -1.02. The lowest BCUT2D eigenvalue weighted by molar-refractivity contribution is -0.0600. The largest absolute Gasteiger partial charge is 0.494 e. The summed E-state index contributed by atoms with van der Waals surface area (Å²) in [5, 5.41) is 0. The van der Waals surface area contributed by atoms with E-state index in [1.165, 1.54) is 38.5 Å². The molecule has 5 atom stereocenters. The molecule has 0 heterocycles. The molecule has 2 saturated carbocycles. The van der Waals surface area contributed by atoms with Gasteiger partial charge in [-0.15, -0.1) is 0 Å². The van der Waals surface area contributed by atoms with E-state index in [2.05, 4.69) is 39.0 Å². The number of hydrogen-bond acceptors (Lipinski definition) is 2. The third-order valence-corrected chi connectivity index (χ3v) is 7.29. The van der Waals surface area contributed by atoms with E-state index in [4.69, 9.17) is 9.47 Å². The first-order valence-corrected chi connectivity index (χ1v) is 10.0. The van der Waals surface area contributed by atoms with Gasteiger partial charge < -0.3 is 9.47 Å². The summed E-state index contributed by atoms with van der Waals surface area (Å²) in [7, 11) is 0. The molecule has 0 aliphatic heterocycles. The Balaban J connectivity index is 1.60. The summed E-state index contributed by atoms with van der Waals surface area (Å²) in [4.78, 5) is 0. The lowest BCUT2D eigenvalue weighted by Crippen LogP contribution is -2.44. The second-order valence-corrected chi connectivity index (χ2v) is 8.27. The highest BCUT2D eigenvalue weighted by molar-refractivity contribution is 5.40. The van der Waals surface area contributed by atoms with Crippen molar-refractivity contribution in [2.75, 3.05) is 13.2 Å². The van der Waals surface area contributed by atoms with Crippen molar-refractivity contribution < 1.29 is 9.47 Å². The summed E-state index contributed by atoms with van der Waals surface area (Å²) in [6.45, 7) is 8.35. The number of benzene rings is 1. The van der Waals surface area contributed by atoms with Gasteiger partial charge in [0.25, 0.3) is 0 Å². The lowest BCUT2D eigenvalue weighted by Gasteiger charge is -2.50. The summed E-state index contributed by atoms with van der Waals surface area (Å²) < 4.78 is 11.9. The van der Waals surface area contributed by atoms with E-state index < -0.39 is 0 Å². The molecule has 0 aromatic heterocycles. The van der Waals surface area contributed by atoms with E-state index in [0.717, 1.165) is 36.7 Å². The summed E-state index contributed by atoms with van der Waals surface area (Å²) >= 11 is 0. The molecule has 2 fully saturated rings. The Morgan fingerprint density at radius 3 is 2.75 bits per heavy atom. The van der Waals surface area contributed by atoms with Gasteiger partial charge in [0.2, 0.25) is 0 Å². The van der Waals surface area contributed by atoms with Crippen LogP contribution >= 0.6 is 0 Å². The Morgan fingerprint density at radius 2 is 1.96 bits per heavy atom. The van der Waals surface area contributed by atoms with Crippen molar-refractivity contribution >= 4 is 0 Å². The molecule has 3 unspecified atom stereocenters. The van der Waals surface area contributed by atoms with Gasteiger partial charge in [-0.25, -0.2) is 0 Å². The monoisotopic (exact) mass is 328 g/mol. The lowest BCUT2D eigenvalue weighted by atomic mass is 9.55. The minimum absolute atomic E-state index is 0.417. The predicted molar refractivity (Wildman–Crippen MR) is 97.6 cm³/mol. The predicted octanol–water partition coefficient (Wildman–Crippen LogP) is 5.35. The van der Waals surface area contributed by atoms with Crippen molar-refractivity contribution in [3.8, 4) is 5.75 Å². The molecule has 4 rings (SSSR count). The van der Waals surface area contributed by atoms with E-state index in [1.807, 2.05) is 0 Å². The zero-order chi connectivity index (χ0) is 16.7. The van der Waals surface area contributed by atoms with Crippen molar-refractivity contribution in [2.24, 2.45) is 17.3 Å². The highest BCUT2D eigenvalue weighted by atomic mass is 16.5. The number of hydrogen-bond donors (Lipinski definition) is 0. The quantitative estimate of drug-likeness (QED) is 0.742. The SMILES string of the molecule is CCOc1ccc2c(c1)CCC1C2CC[C@@]2(C)C1CC[C@@H]2OCC. The van der Waals surface area contributed by atoms with Crippen LogP contribution in [0.15, 0.2) is 18.2 Å². The average Bonchev–Trinajstić information content (AvgIpc) is 2.92. The van der Waals surface area contributed by atoms with Gasteiger partial charge in [-0.2, -0.15) is 0 Å². The van der Waals surface area contributed by atoms with Crippen molar-refractivity contribution in [1.29, 1.82) is 0 Å². The van der Waals surface area contributed by atoms with Crippen LogP contribution in [0.5, 0.6) is 5.75 Å². The molecular formula is C22H32O2. The molecule has 0 N–H and O–H groups in total. The third kappa shape index (κ3) is 2.49. The molecule has 0 spiro atoms. The van der Waals surface area contributed by atoms with E-state index in [0.29, 0.717) is 11.5 Å². The Kier molecular flexibility index (Phi) is 4.36. The van der Waals surface area contributed by atoms with Crippen molar-refractivity contribution in [2.45, 2.75) is 71.3 Å². The van der Waals surface area contributed by atoms with Crippen LogP contribution < -0.4 is 4.74 Å². The van der Waals surface area contributed by atoms with Crippen LogP contribution in [0.2, 0.25) is 0 Å². The Bertz CT molecular complexity index is 596. The zero-order valence-electron chi connectivity index (χ0n) is 15.5. The molecule has 3 aliphatic rings. The number of ether oxygens (including phenoxy) is 2. The third-order valence-electron chi connectivity index (χ3n) is 7.29. The van der Waals surface area contributed by atoms with E-state index >= 15 is 0 Å². The first kappa shape index (κ1) is 16.4. The maximum absolute atomic E-state index is 6.15. The van der Waals surface area contributed by atoms with Gasteiger partial charge >= 0.3 is 0 Å². The first-order valence-electron chi connectivity index (χ1n) is 10.0. The minimum Gasteiger partial charge on any atom is -0.494 e. The van der Waals surface area contributed by atoms with Gasteiger partial charge in [-0.3, -0.25) is 0 Å². The average molecular weight is 328 g/mol. The Morgan fingerprint density at radius 1 is 1.08 bits per heavy atom. The molecule has 0 bridgehead atoms. The van der Waals surface area contributed by atoms with Crippen LogP contribution in [-0.2, 0) is 11.2 Å². The molecule has 3 aliphatic carbocycles. The number of rotatable bonds is 4. The van der Waals surface area contributed by atoms with Crippen LogP contribution in [0.4, 0.5) is 0 Å². The van der Waals surface area contributed by atoms with E-state index in [9.17, 15) is 0 Å². The second kappa shape index (κ2) is 6.37. The minimum atomic E-state index is 0.417. The van der Waals surface area contributed by atoms with Crippen molar-refractivity contribution in [3.63, 3.8) is 0 Å². The topological polar surface area (TPSA) is 18.5 Å². The van der Waals surface area contributed by atoms with Gasteiger partial charge in [0.15, 0.2) is 0 Å². The summed E-state index contributed by atoms with van der Waals surface area (Å²) in [6.07, 6.45) is 8.38. The zero-order valence-corrected chi connectivity index (χ0v) is 15.5. The standard InChI is InChI=1S/C22H32O2/c1-4-23-16-7-9-17-15(14-16)6-8-19-18(17)12-13-22(3)20(19)10-11-21(22)24-5-2/h7,9,14,18-21H,4-6,8,10-13H2,1-3H3/t18?,19?,20?,21-,22-/m0/s1. The van der Waals surface area contributed by atoms with Gasteiger partial charge in [0.05, 0.1) is 12.7 Å². The molecule has 1 aromatic rings. The summed E-state index contributed by atoms with van der Waals surface area (Å²) in [5.74, 6) is 3.53. The molecule has 0 amide bonds. The van der Waals surface area contributed by atoms with E-state index in [1.54, 1.807) is 11.1 Å². The fourth-order valence-electron chi connectivity index (χ4n) is 6.24. The highest BCUT2D eigenvalue weighted by Gasteiger charge is 2.55. The summed E-state index contributed by atoms with van der Waals surface area (Å²) in [6, 6.07) is 6.87. The van der Waals surface area contributed by atoms with Crippen molar-refractivity contribution in [3.05, 3.63) is 29.3 Å². The molecule has 0 saturated heterocycles. The molecule has 24 heavy (non-hydrogen) atoms. The smallest absolute Gasteiger partial charge is 0.119 e. The van der Waals surface area contributed by atoms with Crippen molar-refractivity contribution in [1.82, 2.24) is 0 Å². The fraction of sp³-hybridized carbons (Fsp3) is 0.727. The highest BCUT2D eigenvalue weighted by Crippen LogP contribution is 2.61. The maximum Gasteiger partial charge on any atom is 0.119 e.